The van der Waals surface area contributed by atoms with Gasteiger partial charge in [-0.2, -0.15) is 0 Å². The summed E-state index contributed by atoms with van der Waals surface area (Å²) in [6.45, 7) is 10.0. The highest BCUT2D eigenvalue weighted by molar-refractivity contribution is 5.79. The van der Waals surface area contributed by atoms with Gasteiger partial charge in [0, 0.05) is 19.1 Å². The number of piperidine rings is 1. The van der Waals surface area contributed by atoms with Gasteiger partial charge in [0.2, 0.25) is 5.95 Å². The van der Waals surface area contributed by atoms with E-state index in [1.165, 1.54) is 11.1 Å². The Balaban J connectivity index is 1.63. The number of rotatable bonds is 5. The van der Waals surface area contributed by atoms with Crippen LogP contribution in [0.2, 0.25) is 0 Å². The van der Waals surface area contributed by atoms with Crippen molar-refractivity contribution in [3.05, 3.63) is 59.7 Å². The topological polar surface area (TPSA) is 59.4 Å². The van der Waals surface area contributed by atoms with Gasteiger partial charge in [-0.15, -0.1) is 0 Å². The van der Waals surface area contributed by atoms with Crippen LogP contribution in [0.5, 0.6) is 0 Å². The number of imidazole rings is 1. The fourth-order valence-corrected chi connectivity index (χ4v) is 4.39. The lowest BCUT2D eigenvalue weighted by molar-refractivity contribution is 0.0522. The third-order valence-corrected chi connectivity index (χ3v) is 5.99. The van der Waals surface area contributed by atoms with Crippen molar-refractivity contribution in [3.8, 4) is 0 Å². The zero-order valence-corrected chi connectivity index (χ0v) is 19.6. The van der Waals surface area contributed by atoms with Crippen LogP contribution in [-0.4, -0.2) is 40.4 Å². The van der Waals surface area contributed by atoms with Gasteiger partial charge in [-0.05, 0) is 70.2 Å². The van der Waals surface area contributed by atoms with Crippen molar-refractivity contribution < 1.29 is 9.53 Å². The quantitative estimate of drug-likeness (QED) is 0.594. The Morgan fingerprint density at radius 1 is 1.12 bits per heavy atom. The molecule has 1 atom stereocenters. The number of hydrogen-bond acceptors (Lipinski definition) is 4. The van der Waals surface area contributed by atoms with Gasteiger partial charge in [0.15, 0.2) is 0 Å². The Morgan fingerprint density at radius 3 is 2.66 bits per heavy atom. The maximum absolute atomic E-state index is 12.3. The summed E-state index contributed by atoms with van der Waals surface area (Å²) in [6, 6.07) is 17.0. The summed E-state index contributed by atoms with van der Waals surface area (Å²) in [7, 11) is 0. The lowest BCUT2D eigenvalue weighted by Crippen LogP contribution is -2.48. The van der Waals surface area contributed by atoms with Crippen LogP contribution in [0.3, 0.4) is 0 Å². The molecular formula is C26H34N4O2. The summed E-state index contributed by atoms with van der Waals surface area (Å²) < 4.78 is 7.77. The molecule has 6 nitrogen and oxygen atoms in total. The van der Waals surface area contributed by atoms with Gasteiger partial charge in [0.05, 0.1) is 17.6 Å². The first-order valence-electron chi connectivity index (χ1n) is 11.5. The Hall–Kier alpha value is -3.02. The summed E-state index contributed by atoms with van der Waals surface area (Å²) in [4.78, 5) is 19.7. The number of ether oxygens (including phenoxy) is 1. The molecule has 6 heteroatoms. The SMILES string of the molecule is Cc1ccccc1Cn1c(N2CCCCC2CNC(=O)OC(C)(C)C)nc2ccccc21. The van der Waals surface area contributed by atoms with E-state index in [1.807, 2.05) is 26.8 Å². The number of carbonyl (C=O) groups excluding carboxylic acids is 1. The summed E-state index contributed by atoms with van der Waals surface area (Å²) in [5.41, 5.74) is 4.20. The lowest BCUT2D eigenvalue weighted by Gasteiger charge is -2.37. The number of hydrogen-bond donors (Lipinski definition) is 1. The van der Waals surface area contributed by atoms with Crippen molar-refractivity contribution in [2.45, 2.75) is 65.1 Å². The minimum atomic E-state index is -0.502. The molecule has 0 saturated carbocycles. The molecule has 2 aromatic carbocycles. The first kappa shape index (κ1) is 22.2. The molecule has 1 N–H and O–H groups in total. The highest BCUT2D eigenvalue weighted by Gasteiger charge is 2.28. The standard InChI is InChI=1S/C26H34N4O2/c1-19-11-5-6-12-20(19)18-30-23-15-8-7-14-22(23)28-24(30)29-16-10-9-13-21(29)17-27-25(31)32-26(2,3)4/h5-8,11-12,14-15,21H,9-10,13,16-18H2,1-4H3,(H,27,31). The van der Waals surface area contributed by atoms with Gasteiger partial charge in [-0.3, -0.25) is 0 Å². The number of anilines is 1. The van der Waals surface area contributed by atoms with Crippen LogP contribution in [-0.2, 0) is 11.3 Å². The van der Waals surface area contributed by atoms with E-state index in [0.29, 0.717) is 6.54 Å². The number of aryl methyl sites for hydroxylation is 1. The molecule has 32 heavy (non-hydrogen) atoms. The number of carbonyl (C=O) groups is 1. The molecule has 0 aliphatic carbocycles. The van der Waals surface area contributed by atoms with Gasteiger partial charge < -0.3 is 19.5 Å². The van der Waals surface area contributed by atoms with Crippen molar-refractivity contribution in [3.63, 3.8) is 0 Å². The molecule has 1 unspecified atom stereocenters. The van der Waals surface area contributed by atoms with Gasteiger partial charge >= 0.3 is 6.09 Å². The smallest absolute Gasteiger partial charge is 0.407 e. The third-order valence-electron chi connectivity index (χ3n) is 5.99. The Bertz CT molecular complexity index is 1080. The normalized spacial score (nSPS) is 16.9. The van der Waals surface area contributed by atoms with E-state index in [1.54, 1.807) is 0 Å². The van der Waals surface area contributed by atoms with Crippen LogP contribution in [0.4, 0.5) is 10.7 Å². The molecule has 1 aliphatic heterocycles. The maximum Gasteiger partial charge on any atom is 0.407 e. The molecular weight excluding hydrogens is 400 g/mol. The highest BCUT2D eigenvalue weighted by Crippen LogP contribution is 2.29. The van der Waals surface area contributed by atoms with Crippen LogP contribution in [0.15, 0.2) is 48.5 Å². The number of fused-ring (bicyclic) bond motifs is 1. The average molecular weight is 435 g/mol. The molecule has 2 heterocycles. The van der Waals surface area contributed by atoms with Crippen molar-refractivity contribution >= 4 is 23.1 Å². The summed E-state index contributed by atoms with van der Waals surface area (Å²) in [5, 5.41) is 2.98. The second kappa shape index (κ2) is 9.23. The van der Waals surface area contributed by atoms with Crippen molar-refractivity contribution in [2.24, 2.45) is 0 Å². The number of nitrogens with one attached hydrogen (secondary N) is 1. The summed E-state index contributed by atoms with van der Waals surface area (Å²) in [6.07, 6.45) is 2.92. The van der Waals surface area contributed by atoms with Gasteiger partial charge in [-0.1, -0.05) is 36.4 Å². The highest BCUT2D eigenvalue weighted by atomic mass is 16.6. The fourth-order valence-electron chi connectivity index (χ4n) is 4.39. The predicted octanol–water partition coefficient (Wildman–Crippen LogP) is 5.28. The van der Waals surface area contributed by atoms with Gasteiger partial charge in [0.25, 0.3) is 0 Å². The average Bonchev–Trinajstić information content (AvgIpc) is 3.11. The van der Waals surface area contributed by atoms with E-state index in [-0.39, 0.29) is 12.1 Å². The molecule has 3 aromatic rings. The van der Waals surface area contributed by atoms with E-state index in [0.717, 1.165) is 49.3 Å². The van der Waals surface area contributed by atoms with Gasteiger partial charge in [0.1, 0.15) is 5.60 Å². The molecule has 1 amide bonds. The maximum atomic E-state index is 12.3. The van der Waals surface area contributed by atoms with Crippen molar-refractivity contribution in [1.29, 1.82) is 0 Å². The van der Waals surface area contributed by atoms with Crippen LogP contribution in [0.1, 0.15) is 51.2 Å². The molecule has 4 rings (SSSR count). The minimum absolute atomic E-state index is 0.184. The zero-order valence-electron chi connectivity index (χ0n) is 19.6. The zero-order chi connectivity index (χ0) is 22.7. The Kier molecular flexibility index (Phi) is 6.40. The molecule has 170 valence electrons. The number of para-hydroxylation sites is 2. The molecule has 1 aliphatic rings. The van der Waals surface area contributed by atoms with Crippen LogP contribution >= 0.6 is 0 Å². The molecule has 0 bridgehead atoms. The van der Waals surface area contributed by atoms with E-state index in [9.17, 15) is 4.79 Å². The molecule has 1 fully saturated rings. The Morgan fingerprint density at radius 2 is 1.88 bits per heavy atom. The molecule has 0 spiro atoms. The first-order valence-corrected chi connectivity index (χ1v) is 11.5. The molecule has 1 aromatic heterocycles. The minimum Gasteiger partial charge on any atom is -0.444 e. The molecule has 1 saturated heterocycles. The van der Waals surface area contributed by atoms with Gasteiger partial charge in [-0.25, -0.2) is 9.78 Å². The van der Waals surface area contributed by atoms with Crippen LogP contribution in [0.25, 0.3) is 11.0 Å². The van der Waals surface area contributed by atoms with E-state index in [4.69, 9.17) is 9.72 Å². The van der Waals surface area contributed by atoms with Crippen LogP contribution in [0, 0.1) is 6.92 Å². The monoisotopic (exact) mass is 434 g/mol. The summed E-state index contributed by atoms with van der Waals surface area (Å²) in [5.74, 6) is 0.977. The second-order valence-electron chi connectivity index (χ2n) is 9.64. The van der Waals surface area contributed by atoms with Crippen LogP contribution < -0.4 is 10.2 Å². The number of nitrogens with zero attached hydrogens (tertiary/aromatic N) is 3. The lowest BCUT2D eigenvalue weighted by atomic mass is 10.0. The van der Waals surface area contributed by atoms with E-state index >= 15 is 0 Å². The summed E-state index contributed by atoms with van der Waals surface area (Å²) >= 11 is 0. The fraction of sp³-hybridized carbons (Fsp3) is 0.462. The molecule has 0 radical (unpaired) electrons. The number of benzene rings is 2. The largest absolute Gasteiger partial charge is 0.444 e. The predicted molar refractivity (Wildman–Crippen MR) is 129 cm³/mol. The van der Waals surface area contributed by atoms with Crippen molar-refractivity contribution in [1.82, 2.24) is 14.9 Å². The second-order valence-corrected chi connectivity index (χ2v) is 9.64. The van der Waals surface area contributed by atoms with E-state index < -0.39 is 5.60 Å². The third kappa shape index (κ3) is 5.06. The first-order chi connectivity index (χ1) is 15.3. The number of alkyl carbamates (subject to hydrolysis) is 1. The van der Waals surface area contributed by atoms with E-state index in [2.05, 4.69) is 64.2 Å². The number of aromatic nitrogens is 2. The Labute approximate surface area is 190 Å². The number of amides is 1. The van der Waals surface area contributed by atoms with Crippen molar-refractivity contribution in [2.75, 3.05) is 18.0 Å².